The van der Waals surface area contributed by atoms with Crippen LogP contribution in [0.4, 0.5) is 0 Å². The lowest BCUT2D eigenvalue weighted by atomic mass is 10.0. The Bertz CT molecular complexity index is 986. The molecule has 0 heterocycles. The molecule has 0 rings (SSSR count). The van der Waals surface area contributed by atoms with Crippen molar-refractivity contribution in [3.8, 4) is 0 Å². The number of allylic oxidation sites excluding steroid dienone is 6. The number of hydrogen-bond donors (Lipinski definition) is 0. The third kappa shape index (κ3) is 50.8. The lowest BCUT2D eigenvalue weighted by molar-refractivity contribution is -0.163. The van der Waals surface area contributed by atoms with Crippen LogP contribution in [0, 0.1) is 0 Å². The van der Waals surface area contributed by atoms with Gasteiger partial charge in [0.1, 0.15) is 6.61 Å². The van der Waals surface area contributed by atoms with Crippen LogP contribution in [0.15, 0.2) is 36.5 Å². The molecule has 1 atom stereocenters. The average Bonchev–Trinajstić information content (AvgIpc) is 3.27. The molecule has 0 aromatic heterocycles. The Morgan fingerprint density at radius 2 is 0.726 bits per heavy atom. The molecule has 0 saturated heterocycles. The monoisotopic (exact) mass is 871 g/mol. The number of unbranched alkanes of at least 4 members (excludes halogenated alkanes) is 34. The second-order valence-corrected chi connectivity index (χ2v) is 18.5. The molecule has 0 aliphatic carbocycles. The minimum Gasteiger partial charge on any atom is -0.462 e. The molecule has 0 radical (unpaired) electrons. The highest BCUT2D eigenvalue weighted by Crippen LogP contribution is 2.16. The number of esters is 2. The molecule has 0 spiro atoms. The molecule has 0 bridgehead atoms. The Morgan fingerprint density at radius 3 is 1.16 bits per heavy atom. The second kappa shape index (κ2) is 53.5. The minimum absolute atomic E-state index is 0.0799. The van der Waals surface area contributed by atoms with Crippen molar-refractivity contribution >= 4 is 11.9 Å². The van der Waals surface area contributed by atoms with Gasteiger partial charge in [0.05, 0.1) is 6.61 Å². The van der Waals surface area contributed by atoms with Crippen molar-refractivity contribution in [3.63, 3.8) is 0 Å². The van der Waals surface area contributed by atoms with E-state index < -0.39 is 6.10 Å². The number of hydrogen-bond acceptors (Lipinski definition) is 5. The van der Waals surface area contributed by atoms with Gasteiger partial charge in [-0.25, -0.2) is 0 Å². The lowest BCUT2D eigenvalue weighted by Crippen LogP contribution is -2.30. The predicted molar refractivity (Wildman–Crippen MR) is 270 cm³/mol. The van der Waals surface area contributed by atoms with Crippen LogP contribution in [0.1, 0.15) is 290 Å². The summed E-state index contributed by atoms with van der Waals surface area (Å²) in [5.74, 6) is -0.413. The van der Waals surface area contributed by atoms with Gasteiger partial charge in [-0.1, -0.05) is 263 Å². The largest absolute Gasteiger partial charge is 0.462 e. The van der Waals surface area contributed by atoms with Crippen LogP contribution < -0.4 is 0 Å². The van der Waals surface area contributed by atoms with Crippen molar-refractivity contribution in [1.29, 1.82) is 0 Å². The van der Waals surface area contributed by atoms with Crippen LogP contribution in [0.2, 0.25) is 0 Å². The summed E-state index contributed by atoms with van der Waals surface area (Å²) in [5.41, 5.74) is 0. The highest BCUT2D eigenvalue weighted by Gasteiger charge is 2.17. The molecule has 0 aromatic carbocycles. The van der Waals surface area contributed by atoms with Gasteiger partial charge >= 0.3 is 11.9 Å². The molecule has 0 aliphatic rings. The van der Waals surface area contributed by atoms with Crippen LogP contribution in [0.3, 0.4) is 0 Å². The van der Waals surface area contributed by atoms with Gasteiger partial charge in [0, 0.05) is 19.4 Å². The third-order valence-corrected chi connectivity index (χ3v) is 12.2. The van der Waals surface area contributed by atoms with E-state index in [2.05, 4.69) is 57.2 Å². The van der Waals surface area contributed by atoms with Crippen molar-refractivity contribution in [2.45, 2.75) is 297 Å². The predicted octanol–water partition coefficient (Wildman–Crippen LogP) is 18.6. The van der Waals surface area contributed by atoms with Gasteiger partial charge < -0.3 is 14.2 Å². The highest BCUT2D eigenvalue weighted by atomic mass is 16.6. The fourth-order valence-electron chi connectivity index (χ4n) is 8.12. The highest BCUT2D eigenvalue weighted by molar-refractivity contribution is 5.70. The van der Waals surface area contributed by atoms with Crippen LogP contribution in [-0.4, -0.2) is 37.9 Å². The van der Waals surface area contributed by atoms with E-state index in [-0.39, 0.29) is 25.2 Å². The molecule has 0 saturated carbocycles. The molecule has 0 aliphatic heterocycles. The maximum atomic E-state index is 12.8. The summed E-state index contributed by atoms with van der Waals surface area (Å²) in [7, 11) is 0. The summed E-state index contributed by atoms with van der Waals surface area (Å²) < 4.78 is 17.4. The van der Waals surface area contributed by atoms with Gasteiger partial charge in [-0.15, -0.1) is 0 Å². The standard InChI is InChI=1S/C57H106O5/c1-4-7-10-13-16-19-22-25-27-28-29-31-34-37-40-43-46-49-52-60-53-55(62-57(59)51-48-45-42-39-36-32-24-21-18-15-12-9-6-3)54-61-56(58)50-47-44-41-38-35-33-30-26-23-20-17-14-11-8-5-2/h9,12,18,21,32,36,55H,4-8,10-11,13-17,19-20,22-31,33-35,37-54H2,1-3H3/b12-9-,21-18-,36-32-. The maximum Gasteiger partial charge on any atom is 0.306 e. The summed E-state index contributed by atoms with van der Waals surface area (Å²) in [6.45, 7) is 7.74. The van der Waals surface area contributed by atoms with E-state index in [1.807, 2.05) is 0 Å². The maximum absolute atomic E-state index is 12.8. The van der Waals surface area contributed by atoms with E-state index in [0.29, 0.717) is 19.4 Å². The van der Waals surface area contributed by atoms with Crippen molar-refractivity contribution in [3.05, 3.63) is 36.5 Å². The van der Waals surface area contributed by atoms with Crippen molar-refractivity contribution in [2.75, 3.05) is 19.8 Å². The van der Waals surface area contributed by atoms with E-state index in [0.717, 1.165) is 64.2 Å². The lowest BCUT2D eigenvalue weighted by Gasteiger charge is -2.18. The zero-order chi connectivity index (χ0) is 44.9. The normalized spacial score (nSPS) is 12.4. The zero-order valence-corrected chi connectivity index (χ0v) is 41.9. The van der Waals surface area contributed by atoms with Crippen molar-refractivity contribution in [2.24, 2.45) is 0 Å². The summed E-state index contributed by atoms with van der Waals surface area (Å²) >= 11 is 0. The van der Waals surface area contributed by atoms with E-state index in [9.17, 15) is 9.59 Å². The van der Waals surface area contributed by atoms with E-state index in [1.165, 1.54) is 193 Å². The molecule has 62 heavy (non-hydrogen) atoms. The first kappa shape index (κ1) is 60.1. The van der Waals surface area contributed by atoms with Gasteiger partial charge in [0.2, 0.25) is 0 Å². The molecule has 5 heteroatoms. The molecular formula is C57H106O5. The Hall–Kier alpha value is -1.88. The number of carbonyl (C=O) groups excluding carboxylic acids is 2. The summed E-state index contributed by atoms with van der Waals surface area (Å²) in [6.07, 6.45) is 64.5. The Labute approximate surface area is 387 Å². The second-order valence-electron chi connectivity index (χ2n) is 18.5. The molecular weight excluding hydrogens is 765 g/mol. The van der Waals surface area contributed by atoms with Gasteiger partial charge in [-0.05, 0) is 51.4 Å². The average molecular weight is 871 g/mol. The number of carbonyl (C=O) groups is 2. The van der Waals surface area contributed by atoms with E-state index >= 15 is 0 Å². The first-order valence-electron chi connectivity index (χ1n) is 27.5. The van der Waals surface area contributed by atoms with Gasteiger partial charge in [0.25, 0.3) is 0 Å². The van der Waals surface area contributed by atoms with E-state index in [4.69, 9.17) is 14.2 Å². The van der Waals surface area contributed by atoms with Crippen molar-refractivity contribution in [1.82, 2.24) is 0 Å². The molecule has 0 aromatic rings. The molecule has 0 amide bonds. The van der Waals surface area contributed by atoms with Crippen LogP contribution in [-0.2, 0) is 23.8 Å². The first-order chi connectivity index (χ1) is 30.6. The van der Waals surface area contributed by atoms with E-state index in [1.54, 1.807) is 0 Å². The van der Waals surface area contributed by atoms with Crippen LogP contribution in [0.5, 0.6) is 0 Å². The van der Waals surface area contributed by atoms with Crippen molar-refractivity contribution < 1.29 is 23.8 Å². The number of ether oxygens (including phenoxy) is 3. The fraction of sp³-hybridized carbons (Fsp3) is 0.860. The molecule has 364 valence electrons. The first-order valence-corrected chi connectivity index (χ1v) is 27.5. The zero-order valence-electron chi connectivity index (χ0n) is 41.9. The molecule has 0 fully saturated rings. The third-order valence-electron chi connectivity index (χ3n) is 12.2. The Kier molecular flexibility index (Phi) is 51.8. The molecule has 5 nitrogen and oxygen atoms in total. The SMILES string of the molecule is CC/C=C\C/C=C\C/C=C\CCCCCC(=O)OC(COCCCCCCCCCCCCCCCCCCCC)COC(=O)CCCCCCCCCCCCCCCCC. The quantitative estimate of drug-likeness (QED) is 0.0346. The van der Waals surface area contributed by atoms with Gasteiger partial charge in [0.15, 0.2) is 6.10 Å². The molecule has 1 unspecified atom stereocenters. The van der Waals surface area contributed by atoms with Gasteiger partial charge in [-0.2, -0.15) is 0 Å². The minimum atomic E-state index is -0.545. The number of rotatable bonds is 51. The molecule has 0 N–H and O–H groups in total. The van der Waals surface area contributed by atoms with Crippen LogP contribution in [0.25, 0.3) is 0 Å². The summed E-state index contributed by atoms with van der Waals surface area (Å²) in [6, 6.07) is 0. The Morgan fingerprint density at radius 1 is 0.371 bits per heavy atom. The summed E-state index contributed by atoms with van der Waals surface area (Å²) in [4.78, 5) is 25.4. The summed E-state index contributed by atoms with van der Waals surface area (Å²) in [5, 5.41) is 0. The van der Waals surface area contributed by atoms with Crippen LogP contribution >= 0.6 is 0 Å². The fourth-order valence-corrected chi connectivity index (χ4v) is 8.12. The topological polar surface area (TPSA) is 61.8 Å². The Balaban J connectivity index is 4.22. The smallest absolute Gasteiger partial charge is 0.306 e. The van der Waals surface area contributed by atoms with Gasteiger partial charge in [-0.3, -0.25) is 9.59 Å².